The van der Waals surface area contributed by atoms with Crippen LogP contribution >= 0.6 is 0 Å². The van der Waals surface area contributed by atoms with E-state index in [1.807, 2.05) is 6.20 Å². The fraction of sp³-hybridized carbons (Fsp3) is 0.226. The third-order valence-corrected chi connectivity index (χ3v) is 13.5. The smallest absolute Gasteiger partial charge is 0.149 e. The average molecular weight is 864 g/mol. The van der Waals surface area contributed by atoms with Crippen molar-refractivity contribution in [3.8, 4) is 78.6 Å². The van der Waals surface area contributed by atoms with Crippen LogP contribution in [0.2, 0.25) is 0 Å². The maximum atomic E-state index is 12.4. The molecule has 4 heteroatoms. The van der Waals surface area contributed by atoms with Gasteiger partial charge in [-0.3, -0.25) is 9.55 Å². The lowest BCUT2D eigenvalue weighted by Crippen LogP contribution is -2.16. The molecule has 0 saturated carbocycles. The minimum atomic E-state index is -0.295. The van der Waals surface area contributed by atoms with Gasteiger partial charge in [-0.15, -0.1) is 0 Å². The molecule has 0 aliphatic rings. The fourth-order valence-electron chi connectivity index (χ4n) is 9.10. The van der Waals surface area contributed by atoms with Gasteiger partial charge in [-0.1, -0.05) is 178 Å². The molecule has 0 bridgehead atoms. The number of pyridine rings is 1. The van der Waals surface area contributed by atoms with Crippen LogP contribution < -0.4 is 0 Å². The first-order chi connectivity index (χ1) is 31.5. The van der Waals surface area contributed by atoms with Crippen molar-refractivity contribution in [1.29, 1.82) is 0 Å². The monoisotopic (exact) mass is 863 g/mol. The van der Waals surface area contributed by atoms with E-state index in [4.69, 9.17) is 9.97 Å². The van der Waals surface area contributed by atoms with Crippen LogP contribution in [0, 0.1) is 6.92 Å². The third kappa shape index (κ3) is 8.49. The Balaban J connectivity index is 1.27. The number of fused-ring (bicyclic) bond motifs is 1. The van der Waals surface area contributed by atoms with E-state index in [9.17, 15) is 5.11 Å². The van der Waals surface area contributed by atoms with Gasteiger partial charge in [0.15, 0.2) is 0 Å². The van der Waals surface area contributed by atoms with Gasteiger partial charge >= 0.3 is 0 Å². The molecule has 0 saturated heterocycles. The number of imidazole rings is 1. The number of rotatable bonds is 9. The van der Waals surface area contributed by atoms with Gasteiger partial charge in [0.05, 0.1) is 28.0 Å². The molecule has 0 aliphatic carbocycles. The number of aromatic nitrogens is 3. The number of aromatic hydroxyl groups is 1. The number of hydrogen-bond donors (Lipinski definition) is 1. The number of hydrogen-bond acceptors (Lipinski definition) is 3. The van der Waals surface area contributed by atoms with E-state index in [2.05, 4.69) is 238 Å². The fourth-order valence-corrected chi connectivity index (χ4v) is 9.10. The summed E-state index contributed by atoms with van der Waals surface area (Å²) < 4.78 is 2.29. The van der Waals surface area contributed by atoms with Crippen molar-refractivity contribution in [2.75, 3.05) is 0 Å². The van der Waals surface area contributed by atoms with Gasteiger partial charge in [0.1, 0.15) is 11.6 Å². The molecular formula is C62H61N3O. The van der Waals surface area contributed by atoms with Gasteiger partial charge in [-0.05, 0) is 128 Å². The molecule has 9 aromatic rings. The molecule has 0 amide bonds. The van der Waals surface area contributed by atoms with Crippen LogP contribution in [0.3, 0.4) is 0 Å². The molecule has 0 atom stereocenters. The molecule has 4 nitrogen and oxygen atoms in total. The Bertz CT molecular complexity index is 3220. The number of aryl methyl sites for hydroxylation is 1. The van der Waals surface area contributed by atoms with Crippen molar-refractivity contribution < 1.29 is 5.11 Å². The Morgan fingerprint density at radius 1 is 0.500 bits per heavy atom. The highest BCUT2D eigenvalue weighted by Gasteiger charge is 2.28. The van der Waals surface area contributed by atoms with E-state index in [1.54, 1.807) is 0 Å². The summed E-state index contributed by atoms with van der Waals surface area (Å²) in [5.41, 5.74) is 18.4. The normalized spacial score (nSPS) is 12.2. The summed E-state index contributed by atoms with van der Waals surface area (Å²) in [6.07, 6.45) is 2.93. The van der Waals surface area contributed by atoms with E-state index in [0.29, 0.717) is 11.4 Å². The Kier molecular flexibility index (Phi) is 11.4. The van der Waals surface area contributed by atoms with E-state index in [1.165, 1.54) is 22.3 Å². The van der Waals surface area contributed by atoms with E-state index in [-0.39, 0.29) is 22.0 Å². The molecular weight excluding hydrogens is 803 g/mol. The topological polar surface area (TPSA) is 50.9 Å². The average Bonchev–Trinajstić information content (AvgIpc) is 3.71. The van der Waals surface area contributed by atoms with Crippen LogP contribution in [0.4, 0.5) is 0 Å². The summed E-state index contributed by atoms with van der Waals surface area (Å²) in [4.78, 5) is 10.6. The largest absolute Gasteiger partial charge is 0.507 e. The van der Waals surface area contributed by atoms with Crippen LogP contribution in [0.5, 0.6) is 5.75 Å². The molecule has 7 aromatic carbocycles. The van der Waals surface area contributed by atoms with Crippen LogP contribution in [-0.4, -0.2) is 19.6 Å². The quantitative estimate of drug-likeness (QED) is 0.157. The molecule has 0 spiro atoms. The van der Waals surface area contributed by atoms with Crippen molar-refractivity contribution in [1.82, 2.24) is 14.5 Å². The van der Waals surface area contributed by atoms with Gasteiger partial charge in [-0.2, -0.15) is 0 Å². The van der Waals surface area contributed by atoms with Crippen molar-refractivity contribution in [2.45, 2.75) is 91.9 Å². The van der Waals surface area contributed by atoms with E-state index >= 15 is 0 Å². The minimum Gasteiger partial charge on any atom is -0.507 e. The highest BCUT2D eigenvalue weighted by molar-refractivity contribution is 5.98. The van der Waals surface area contributed by atoms with Crippen LogP contribution in [0.1, 0.15) is 91.0 Å². The van der Waals surface area contributed by atoms with Crippen LogP contribution in [0.15, 0.2) is 170 Å². The second kappa shape index (κ2) is 17.1. The second-order valence-corrected chi connectivity index (χ2v) is 20.7. The number of phenolic OH excluding ortho intramolecular Hbond substituents is 1. The number of benzene rings is 7. The van der Waals surface area contributed by atoms with Crippen LogP contribution in [0.25, 0.3) is 83.9 Å². The number of para-hydroxylation sites is 1. The molecule has 2 heterocycles. The first kappa shape index (κ1) is 44.2. The summed E-state index contributed by atoms with van der Waals surface area (Å²) in [5, 5.41) is 12.4. The predicted molar refractivity (Wildman–Crippen MR) is 279 cm³/mol. The summed E-state index contributed by atoms with van der Waals surface area (Å²) in [6.45, 7) is 22.2. The maximum Gasteiger partial charge on any atom is 0.149 e. The summed E-state index contributed by atoms with van der Waals surface area (Å²) in [6, 6.07) is 58.7. The lowest BCUT2D eigenvalue weighted by Gasteiger charge is -2.26. The minimum absolute atomic E-state index is 0.0252. The third-order valence-electron chi connectivity index (χ3n) is 13.5. The van der Waals surface area contributed by atoms with E-state index < -0.39 is 0 Å². The molecule has 1 N–H and O–H groups in total. The van der Waals surface area contributed by atoms with Crippen molar-refractivity contribution >= 4 is 11.0 Å². The van der Waals surface area contributed by atoms with Gasteiger partial charge in [0.25, 0.3) is 0 Å². The zero-order valence-corrected chi connectivity index (χ0v) is 40.2. The summed E-state index contributed by atoms with van der Waals surface area (Å²) in [5.74, 6) is 0.956. The lowest BCUT2D eigenvalue weighted by atomic mass is 9.81. The van der Waals surface area contributed by atoms with Crippen molar-refractivity contribution in [2.24, 2.45) is 0 Å². The van der Waals surface area contributed by atoms with Gasteiger partial charge in [-0.25, -0.2) is 4.98 Å². The molecule has 66 heavy (non-hydrogen) atoms. The van der Waals surface area contributed by atoms with Crippen LogP contribution in [-0.2, 0) is 16.2 Å². The maximum absolute atomic E-state index is 12.4. The van der Waals surface area contributed by atoms with Crippen molar-refractivity contribution in [3.63, 3.8) is 0 Å². The van der Waals surface area contributed by atoms with Crippen molar-refractivity contribution in [3.05, 3.63) is 192 Å². The molecule has 2 aromatic heterocycles. The number of nitrogens with zero attached hydrogens (tertiary/aromatic N) is 3. The Morgan fingerprint density at radius 3 is 1.79 bits per heavy atom. The molecule has 0 unspecified atom stereocenters. The summed E-state index contributed by atoms with van der Waals surface area (Å²) >= 11 is 0. The van der Waals surface area contributed by atoms with Gasteiger partial charge in [0, 0.05) is 28.5 Å². The standard InChI is InChI=1S/C62H61N3O/c1-11-62(9,10)48-29-30-55(51(39-48)44-21-16-13-17-22-44)65-56-24-18-23-50(57(56)64-59(65)52-33-40(2)34-53(58(52)66)61(6,7)8)46-35-47(37-49(36-46)60(3,4)5)54-38-45(31-32-63-54)43-27-25-42(26-28-43)41-19-14-12-15-20-41/h12-39,66H,11H2,1-10H3. The zero-order valence-electron chi connectivity index (χ0n) is 40.2. The molecule has 0 fully saturated rings. The van der Waals surface area contributed by atoms with Gasteiger partial charge < -0.3 is 5.11 Å². The zero-order chi connectivity index (χ0) is 46.5. The first-order valence-electron chi connectivity index (χ1n) is 23.3. The predicted octanol–water partition coefficient (Wildman–Crippen LogP) is 16.7. The molecule has 9 rings (SSSR count). The Hall–Kier alpha value is -7.04. The SMILES string of the molecule is CCC(C)(C)c1ccc(-n2c(-c3cc(C)cc(C(C)(C)C)c3O)nc3c(-c4cc(-c5cc(-c6ccc(-c7ccccc7)cc6)ccn5)cc(C(C)(C)C)c4)cccc32)c(-c2ccccc2)c1. The second-order valence-electron chi connectivity index (χ2n) is 20.7. The molecule has 330 valence electrons. The Labute approximate surface area is 391 Å². The highest BCUT2D eigenvalue weighted by atomic mass is 16.3. The highest BCUT2D eigenvalue weighted by Crippen LogP contribution is 2.45. The summed E-state index contributed by atoms with van der Waals surface area (Å²) in [7, 11) is 0. The van der Waals surface area contributed by atoms with E-state index in [0.717, 1.165) is 78.9 Å². The number of phenols is 1. The first-order valence-corrected chi connectivity index (χ1v) is 23.3. The molecule has 0 radical (unpaired) electrons. The van der Waals surface area contributed by atoms with Gasteiger partial charge in [0.2, 0.25) is 0 Å². The molecule has 0 aliphatic heterocycles. The Morgan fingerprint density at radius 2 is 1.14 bits per heavy atom. The lowest BCUT2D eigenvalue weighted by molar-refractivity contribution is 0.448.